The molecule has 0 aromatic carbocycles. The topological polar surface area (TPSA) is 23.9 Å². The molecule has 4 heavy (non-hydrogen) atoms. The molecule has 0 atom stereocenters. The van der Waals surface area contributed by atoms with Crippen molar-refractivity contribution in [3.8, 4) is 0 Å². The number of rotatable bonds is 0. The zero-order valence-corrected chi connectivity index (χ0v) is 1.70. The van der Waals surface area contributed by atoms with Crippen LogP contribution in [0, 0.1) is 5.40 Å². The van der Waals surface area contributed by atoms with Gasteiger partial charge in [-0.15, -0.1) is 0 Å². The molecule has 0 aliphatic heterocycles. The van der Waals surface area contributed by atoms with Crippen LogP contribution in [0.1, 0.15) is 0 Å². The maximum absolute atomic E-state index is 10.3. The minimum Gasteiger partial charge on any atom is -0.248 e. The van der Waals surface area contributed by atoms with E-state index < -0.39 is 6.22 Å². The van der Waals surface area contributed by atoms with Crippen molar-refractivity contribution in [1.29, 1.82) is 5.40 Å². The Morgan fingerprint density at radius 2 is 2.25 bits per heavy atom. The summed E-state index contributed by atoms with van der Waals surface area (Å²) in [5, 5.41) is 1.72. The van der Waals surface area contributed by atoms with E-state index in [9.17, 15) is 8.78 Å². The van der Waals surface area contributed by atoms with Gasteiger partial charge >= 0.3 is 6.22 Å². The Balaban J connectivity index is 3.14. The molecule has 1 nitrogen and oxygen atoms in total. The highest BCUT2D eigenvalue weighted by atomic mass is 19.3. The predicted octanol–water partition coefficient (Wildman–Crippen LogP) is 0.860. The standard InChI is InChI=1S/CHF2N/c2-1(3)4/h4H/i4+1/hD. The van der Waals surface area contributed by atoms with Crippen molar-refractivity contribution in [2.45, 2.75) is 0 Å². The van der Waals surface area contributed by atoms with E-state index in [2.05, 4.69) is 0 Å². The first-order chi connectivity index (χ1) is 2.27. The van der Waals surface area contributed by atoms with Gasteiger partial charge in [-0.25, -0.2) is 5.40 Å². The molecule has 0 aromatic rings. The monoisotopic (exact) mass is 67.0 g/mol. The lowest BCUT2D eigenvalue weighted by molar-refractivity contribution is 0.605. The van der Waals surface area contributed by atoms with Gasteiger partial charge in [-0.3, -0.25) is 0 Å². The molecule has 24 valence electrons. The molecule has 0 amide bonds. The zero-order chi connectivity index (χ0) is 4.28. The quantitative estimate of drug-likeness (QED) is 0.321. The highest BCUT2D eigenvalue weighted by molar-refractivity contribution is 5.58. The molecular formula is CHF2N. The van der Waals surface area contributed by atoms with Crippen LogP contribution < -0.4 is 0 Å². The van der Waals surface area contributed by atoms with Crippen LogP contribution in [0.4, 0.5) is 8.78 Å². The molecule has 0 bridgehead atoms. The van der Waals surface area contributed by atoms with E-state index >= 15 is 0 Å². The number of halogens is 2. The Morgan fingerprint density at radius 1 is 2.00 bits per heavy atom. The first kappa shape index (κ1) is 1.81. The summed E-state index contributed by atoms with van der Waals surface area (Å²) in [6, 6.07) is 0. The average Bonchev–Trinajstić information content (AvgIpc) is 1.38. The minimum absolute atomic E-state index is 1.72. The second-order valence-corrected chi connectivity index (χ2v) is 0.240. The number of hydrogen-bond donors (Lipinski definition) is 1. The van der Waals surface area contributed by atoms with E-state index in [0.717, 1.165) is 0 Å². The van der Waals surface area contributed by atoms with Gasteiger partial charge in [0, 0.05) is 0 Å². The molecule has 0 aliphatic carbocycles. The second kappa shape index (κ2) is 0.925. The minimum atomic E-state index is -2.20. The van der Waals surface area contributed by atoms with Crippen LogP contribution in [0.25, 0.3) is 0 Å². The molecule has 0 unspecified atom stereocenters. The molecular weight excluding hydrogens is 65.0 g/mol. The van der Waals surface area contributed by atoms with Crippen LogP contribution in [0.2, 0.25) is 1.41 Å². The Morgan fingerprint density at radius 3 is 2.25 bits per heavy atom. The summed E-state index contributed by atoms with van der Waals surface area (Å²) in [6.07, 6.45) is -2.20. The van der Waals surface area contributed by atoms with Crippen LogP contribution in [-0.4, -0.2) is 6.22 Å². The van der Waals surface area contributed by atoms with Gasteiger partial charge in [0.2, 0.25) is 0 Å². The van der Waals surface area contributed by atoms with Crippen molar-refractivity contribution in [1.82, 2.24) is 0 Å². The first-order valence-corrected chi connectivity index (χ1v) is 0.602. The number of hydrogen-bond acceptors (Lipinski definition) is 1. The van der Waals surface area contributed by atoms with Gasteiger partial charge in [-0.05, 0) is 0 Å². The molecule has 3 heteroatoms. The molecule has 1 N–H and O–H groups in total. The molecule has 0 saturated carbocycles. The maximum atomic E-state index is 10.3. The normalized spacial score (nSPS) is 9.00. The molecule has 0 rings (SSSR count). The summed E-state index contributed by atoms with van der Waals surface area (Å²) in [7, 11) is 0. The van der Waals surface area contributed by atoms with E-state index in [-0.39, 0.29) is 0 Å². The fraction of sp³-hybridized carbons (Fsp3) is 0. The summed E-state index contributed by atoms with van der Waals surface area (Å²) < 4.78 is 26.1. The summed E-state index contributed by atoms with van der Waals surface area (Å²) in [6.45, 7) is 0. The van der Waals surface area contributed by atoms with E-state index in [1.54, 1.807) is 5.40 Å². The van der Waals surface area contributed by atoms with Crippen molar-refractivity contribution in [3.63, 3.8) is 0 Å². The van der Waals surface area contributed by atoms with E-state index in [0.29, 0.717) is 0 Å². The van der Waals surface area contributed by atoms with Gasteiger partial charge in [0.25, 0.3) is 0 Å². The van der Waals surface area contributed by atoms with Crippen molar-refractivity contribution in [2.24, 2.45) is 0 Å². The summed E-state index contributed by atoms with van der Waals surface area (Å²) >= 11 is 0. The van der Waals surface area contributed by atoms with Crippen LogP contribution in [0.5, 0.6) is 0 Å². The predicted molar refractivity (Wildman–Crippen MR) is 9.94 cm³/mol. The Labute approximate surface area is 23.2 Å². The van der Waals surface area contributed by atoms with Crippen LogP contribution in [0.15, 0.2) is 0 Å². The van der Waals surface area contributed by atoms with Crippen molar-refractivity contribution in [3.05, 3.63) is 0 Å². The fourth-order valence-electron chi connectivity index (χ4n) is 0. The van der Waals surface area contributed by atoms with E-state index in [1.165, 1.54) is 0 Å². The molecule has 0 fully saturated rings. The molecule has 0 spiro atoms. The van der Waals surface area contributed by atoms with E-state index in [1.807, 2.05) is 0 Å². The van der Waals surface area contributed by atoms with Gasteiger partial charge in [0.1, 0.15) is 0 Å². The Bertz CT molecular complexity index is 47.6. The smallest absolute Gasteiger partial charge is 0.248 e. The highest BCUT2D eigenvalue weighted by Crippen LogP contribution is 1.66. The van der Waals surface area contributed by atoms with Crippen molar-refractivity contribution < 1.29 is 10.2 Å². The average molecular weight is 67.0 g/mol. The van der Waals surface area contributed by atoms with Crippen LogP contribution in [0.3, 0.4) is 0 Å². The van der Waals surface area contributed by atoms with Crippen LogP contribution in [-0.2, 0) is 0 Å². The molecule has 0 saturated heterocycles. The van der Waals surface area contributed by atoms with Gasteiger partial charge in [0.05, 0.1) is 0 Å². The van der Waals surface area contributed by atoms with Gasteiger partial charge in [-0.1, -0.05) is 0 Å². The lowest BCUT2D eigenvalue weighted by Crippen LogP contribution is -1.58. The van der Waals surface area contributed by atoms with Gasteiger partial charge in [0.15, 0.2) is 1.41 Å². The summed E-state index contributed by atoms with van der Waals surface area (Å²) in [4.78, 5) is 0. The lowest BCUT2D eigenvalue weighted by atomic mass is 11.6. The molecule has 0 aliphatic rings. The molecule has 0 heterocycles. The second-order valence-electron chi connectivity index (χ2n) is 0.240. The van der Waals surface area contributed by atoms with Crippen LogP contribution >= 0.6 is 0 Å². The fourth-order valence-corrected chi connectivity index (χ4v) is 0. The maximum Gasteiger partial charge on any atom is 0.357 e. The lowest BCUT2D eigenvalue weighted by Gasteiger charge is -1.51. The third kappa shape index (κ3) is 1.95. The zero-order valence-electron chi connectivity index (χ0n) is 2.70. The summed E-state index contributed by atoms with van der Waals surface area (Å²) in [5.74, 6) is 0. The SMILES string of the molecule is [2H][15N]=C(F)F. The van der Waals surface area contributed by atoms with Crippen molar-refractivity contribution >= 4 is 6.22 Å². The molecule has 0 aromatic heterocycles. The van der Waals surface area contributed by atoms with Crippen molar-refractivity contribution in [2.75, 3.05) is 0 Å². The molecule has 0 radical (unpaired) electrons. The Hall–Kier alpha value is -0.470. The highest BCUT2D eigenvalue weighted by Gasteiger charge is 1.70. The van der Waals surface area contributed by atoms with Gasteiger partial charge in [-0.2, -0.15) is 8.78 Å². The third-order valence-corrected chi connectivity index (χ3v) is 0. The number of nitrogens with one attached hydrogen (secondary N) is 1. The largest absolute Gasteiger partial charge is 0.357 e. The first-order valence-electron chi connectivity index (χ1n) is 1.05. The summed E-state index contributed by atoms with van der Waals surface area (Å²) in [5.41, 5.74) is 0. The Kier molecular flexibility index (Phi) is 0.419. The third-order valence-electron chi connectivity index (χ3n) is 0. The van der Waals surface area contributed by atoms with E-state index in [4.69, 9.17) is 1.41 Å². The van der Waals surface area contributed by atoms with Gasteiger partial charge < -0.3 is 0 Å².